The molecule has 2 rings (SSSR count). The van der Waals surface area contributed by atoms with Gasteiger partial charge in [0.2, 0.25) is 0 Å². The highest BCUT2D eigenvalue weighted by Gasteiger charge is 2.19. The average molecular weight is 426 g/mol. The van der Waals surface area contributed by atoms with Crippen LogP contribution in [-0.2, 0) is 15.9 Å². The number of hydrogen-bond acceptors (Lipinski definition) is 3. The van der Waals surface area contributed by atoms with Gasteiger partial charge in [0.1, 0.15) is 0 Å². The Kier molecular flexibility index (Phi) is 7.53. The van der Waals surface area contributed by atoms with Crippen molar-refractivity contribution in [2.75, 3.05) is 6.61 Å². The minimum Gasteiger partial charge on any atom is -0.353 e. The molecule has 0 N–H and O–H groups in total. The Hall–Kier alpha value is 0.580. The molecule has 2 atom stereocenters. The van der Waals surface area contributed by atoms with Crippen molar-refractivity contribution in [2.45, 2.75) is 64.3 Å². The van der Waals surface area contributed by atoms with Gasteiger partial charge in [-0.3, -0.25) is 0 Å². The van der Waals surface area contributed by atoms with E-state index in [9.17, 15) is 0 Å². The van der Waals surface area contributed by atoms with E-state index in [0.717, 1.165) is 38.7 Å². The molecule has 114 valence electrons. The summed E-state index contributed by atoms with van der Waals surface area (Å²) in [7, 11) is 0. The van der Waals surface area contributed by atoms with Crippen molar-refractivity contribution in [1.29, 1.82) is 0 Å². The van der Waals surface area contributed by atoms with Crippen LogP contribution >= 0.6 is 43.2 Å². The normalized spacial score (nSPS) is 21.1. The summed E-state index contributed by atoms with van der Waals surface area (Å²) in [4.78, 5) is 0. The zero-order chi connectivity index (χ0) is 14.4. The Morgan fingerprint density at radius 3 is 2.85 bits per heavy atom. The lowest BCUT2D eigenvalue weighted by Gasteiger charge is -2.27. The van der Waals surface area contributed by atoms with E-state index in [4.69, 9.17) is 9.47 Å². The Morgan fingerprint density at radius 1 is 1.40 bits per heavy atom. The lowest BCUT2D eigenvalue weighted by molar-refractivity contribution is -0.190. The summed E-state index contributed by atoms with van der Waals surface area (Å²) < 4.78 is 14.3. The van der Waals surface area contributed by atoms with Gasteiger partial charge >= 0.3 is 0 Å². The molecule has 0 aliphatic carbocycles. The van der Waals surface area contributed by atoms with Crippen molar-refractivity contribution in [1.82, 2.24) is 0 Å². The molecule has 1 aromatic rings. The fourth-order valence-corrected chi connectivity index (χ4v) is 5.41. The van der Waals surface area contributed by atoms with E-state index in [0.29, 0.717) is 6.10 Å². The zero-order valence-electron chi connectivity index (χ0n) is 11.9. The van der Waals surface area contributed by atoms with Gasteiger partial charge in [0.05, 0.1) is 13.7 Å². The first-order chi connectivity index (χ1) is 9.69. The quantitative estimate of drug-likeness (QED) is 0.539. The summed E-state index contributed by atoms with van der Waals surface area (Å²) in [5, 5.41) is 0. The van der Waals surface area contributed by atoms with Gasteiger partial charge in [0, 0.05) is 6.61 Å². The summed E-state index contributed by atoms with van der Waals surface area (Å²) in [6.07, 6.45) is 8.19. The molecule has 2 unspecified atom stereocenters. The topological polar surface area (TPSA) is 18.5 Å². The van der Waals surface area contributed by atoms with Crippen molar-refractivity contribution in [2.24, 2.45) is 0 Å². The minimum absolute atomic E-state index is 0.0259. The predicted octanol–water partition coefficient (Wildman–Crippen LogP) is 5.92. The monoisotopic (exact) mass is 424 g/mol. The van der Waals surface area contributed by atoms with Crippen molar-refractivity contribution >= 4 is 43.2 Å². The van der Waals surface area contributed by atoms with E-state index >= 15 is 0 Å². The molecule has 5 heteroatoms. The van der Waals surface area contributed by atoms with Crippen LogP contribution in [0.5, 0.6) is 0 Å². The van der Waals surface area contributed by atoms with Crippen LogP contribution in [-0.4, -0.2) is 19.0 Å². The molecule has 0 saturated carbocycles. The van der Waals surface area contributed by atoms with Gasteiger partial charge in [-0.05, 0) is 82.0 Å². The number of aryl methyl sites for hydroxylation is 1. The molecule has 2 heterocycles. The molecule has 0 amide bonds. The van der Waals surface area contributed by atoms with E-state index in [-0.39, 0.29) is 6.29 Å². The molecular weight excluding hydrogens is 404 g/mol. The molecule has 1 fully saturated rings. The first kappa shape index (κ1) is 16.9. The summed E-state index contributed by atoms with van der Waals surface area (Å²) >= 11 is 8.90. The Labute approximate surface area is 142 Å². The van der Waals surface area contributed by atoms with Crippen molar-refractivity contribution in [3.63, 3.8) is 0 Å². The summed E-state index contributed by atoms with van der Waals surface area (Å²) in [6.45, 7) is 3.07. The van der Waals surface area contributed by atoms with E-state index in [1.807, 2.05) is 0 Å². The van der Waals surface area contributed by atoms with Crippen molar-refractivity contribution in [3.05, 3.63) is 19.2 Å². The minimum atomic E-state index is 0.0259. The summed E-state index contributed by atoms with van der Waals surface area (Å²) in [5.74, 6) is 0. The van der Waals surface area contributed by atoms with Crippen LogP contribution in [0.4, 0.5) is 0 Å². The largest absolute Gasteiger partial charge is 0.353 e. The first-order valence-electron chi connectivity index (χ1n) is 7.39. The number of hydrogen-bond donors (Lipinski definition) is 0. The third kappa shape index (κ3) is 5.41. The highest BCUT2D eigenvalue weighted by molar-refractivity contribution is 9.12. The molecule has 0 radical (unpaired) electrons. The lowest BCUT2D eigenvalue weighted by atomic mass is 10.1. The summed E-state index contributed by atoms with van der Waals surface area (Å²) in [6, 6.07) is 2.20. The molecule has 1 aliphatic rings. The van der Waals surface area contributed by atoms with E-state index in [1.54, 1.807) is 11.3 Å². The SMILES string of the molecule is CCCC(CCc1cc(Br)sc1Br)OC1CCCCO1. The third-order valence-corrected chi connectivity index (χ3v) is 6.02. The molecule has 0 aromatic carbocycles. The van der Waals surface area contributed by atoms with E-state index < -0.39 is 0 Å². The molecular formula is C15H22Br2O2S. The standard InChI is InChI=1S/C15H22Br2O2S/c1-2-5-12(19-14-6-3-4-9-18-14)8-7-11-10-13(16)20-15(11)17/h10,12,14H,2-9H2,1H3. The molecule has 2 nitrogen and oxygen atoms in total. The second-order valence-corrected chi connectivity index (χ2v) is 8.98. The van der Waals surface area contributed by atoms with Gasteiger partial charge in [-0.15, -0.1) is 11.3 Å². The van der Waals surface area contributed by atoms with Gasteiger partial charge in [-0.2, -0.15) is 0 Å². The fraction of sp³-hybridized carbons (Fsp3) is 0.733. The Bertz CT molecular complexity index is 403. The second kappa shape index (κ2) is 8.89. The Balaban J connectivity index is 1.83. The van der Waals surface area contributed by atoms with E-state index in [1.165, 1.54) is 26.0 Å². The van der Waals surface area contributed by atoms with Crippen LogP contribution in [0.15, 0.2) is 13.6 Å². The zero-order valence-corrected chi connectivity index (χ0v) is 15.9. The third-order valence-electron chi connectivity index (χ3n) is 3.56. The van der Waals surface area contributed by atoms with Crippen LogP contribution in [0.3, 0.4) is 0 Å². The maximum atomic E-state index is 6.15. The predicted molar refractivity (Wildman–Crippen MR) is 91.4 cm³/mol. The molecule has 0 spiro atoms. The smallest absolute Gasteiger partial charge is 0.157 e. The van der Waals surface area contributed by atoms with Gasteiger partial charge in [-0.25, -0.2) is 0 Å². The highest BCUT2D eigenvalue weighted by Crippen LogP contribution is 2.33. The second-order valence-electron chi connectivity index (χ2n) is 5.23. The number of rotatable bonds is 7. The Morgan fingerprint density at radius 2 is 2.25 bits per heavy atom. The fourth-order valence-electron chi connectivity index (χ4n) is 2.50. The molecule has 1 aliphatic heterocycles. The first-order valence-corrected chi connectivity index (χ1v) is 9.80. The van der Waals surface area contributed by atoms with Crippen LogP contribution in [0.1, 0.15) is 51.0 Å². The van der Waals surface area contributed by atoms with Crippen molar-refractivity contribution < 1.29 is 9.47 Å². The maximum Gasteiger partial charge on any atom is 0.157 e. The molecule has 0 bridgehead atoms. The molecule has 20 heavy (non-hydrogen) atoms. The van der Waals surface area contributed by atoms with Gasteiger partial charge in [0.15, 0.2) is 6.29 Å². The lowest BCUT2D eigenvalue weighted by Crippen LogP contribution is -2.28. The van der Waals surface area contributed by atoms with E-state index in [2.05, 4.69) is 44.8 Å². The van der Waals surface area contributed by atoms with Crippen molar-refractivity contribution in [3.8, 4) is 0 Å². The number of thiophene rings is 1. The van der Waals surface area contributed by atoms with Crippen LogP contribution in [0, 0.1) is 0 Å². The van der Waals surface area contributed by atoms with Gasteiger partial charge in [0.25, 0.3) is 0 Å². The van der Waals surface area contributed by atoms with Crippen LogP contribution < -0.4 is 0 Å². The summed E-state index contributed by atoms with van der Waals surface area (Å²) in [5.41, 5.74) is 1.37. The number of ether oxygens (including phenoxy) is 2. The maximum absolute atomic E-state index is 6.15. The average Bonchev–Trinajstić information content (AvgIpc) is 2.76. The number of halogens is 2. The van der Waals surface area contributed by atoms with Crippen LogP contribution in [0.2, 0.25) is 0 Å². The van der Waals surface area contributed by atoms with Gasteiger partial charge < -0.3 is 9.47 Å². The van der Waals surface area contributed by atoms with Gasteiger partial charge in [-0.1, -0.05) is 13.3 Å². The highest BCUT2D eigenvalue weighted by atomic mass is 79.9. The molecule has 1 saturated heterocycles. The van der Waals surface area contributed by atoms with Crippen LogP contribution in [0.25, 0.3) is 0 Å². The molecule has 1 aromatic heterocycles.